The average Bonchev–Trinajstić information content (AvgIpc) is 2.90. The Kier molecular flexibility index (Phi) is 6.95. The zero-order valence-electron chi connectivity index (χ0n) is 19.5. The first kappa shape index (κ1) is 24.0. The van der Waals surface area contributed by atoms with Gasteiger partial charge in [0, 0.05) is 42.3 Å². The van der Waals surface area contributed by atoms with E-state index in [-0.39, 0.29) is 11.8 Å². The number of sulfonamides is 1. The number of carbonyl (C=O) groups is 1. The maximum absolute atomic E-state index is 13.0. The number of carbonyl (C=O) groups excluding carboxylic acids is 1. The van der Waals surface area contributed by atoms with E-state index in [0.29, 0.717) is 29.6 Å². The van der Waals surface area contributed by atoms with Crippen molar-refractivity contribution in [2.24, 2.45) is 5.92 Å². The summed E-state index contributed by atoms with van der Waals surface area (Å²) >= 11 is 5.93. The highest BCUT2D eigenvalue weighted by molar-refractivity contribution is 7.89. The third-order valence-electron chi connectivity index (χ3n) is 6.83. The number of nitrogens with zero attached hydrogens (tertiary/aromatic N) is 3. The van der Waals surface area contributed by atoms with Gasteiger partial charge in [-0.2, -0.15) is 4.31 Å². The van der Waals surface area contributed by atoms with E-state index in [2.05, 4.69) is 10.2 Å². The number of pyridine rings is 1. The van der Waals surface area contributed by atoms with Crippen LogP contribution >= 0.6 is 11.6 Å². The Labute approximate surface area is 211 Å². The van der Waals surface area contributed by atoms with Crippen molar-refractivity contribution in [2.75, 3.05) is 36.4 Å². The number of hydrogen-bond donors (Lipinski definition) is 1. The largest absolute Gasteiger partial charge is 0.356 e. The number of piperidine rings is 2. The Morgan fingerprint density at radius 2 is 1.71 bits per heavy atom. The monoisotopic (exact) mass is 512 g/mol. The number of fused-ring (bicyclic) bond motifs is 1. The van der Waals surface area contributed by atoms with E-state index >= 15 is 0 Å². The Morgan fingerprint density at radius 3 is 2.49 bits per heavy atom. The van der Waals surface area contributed by atoms with Gasteiger partial charge < -0.3 is 10.2 Å². The summed E-state index contributed by atoms with van der Waals surface area (Å²) in [6, 6.07) is 16.1. The van der Waals surface area contributed by atoms with Gasteiger partial charge in [-0.3, -0.25) is 4.79 Å². The van der Waals surface area contributed by atoms with Crippen LogP contribution in [0.3, 0.4) is 0 Å². The molecule has 2 aliphatic heterocycles. The molecule has 1 atom stereocenters. The highest BCUT2D eigenvalue weighted by atomic mass is 35.5. The quantitative estimate of drug-likeness (QED) is 0.524. The van der Waals surface area contributed by atoms with Gasteiger partial charge in [-0.1, -0.05) is 18.0 Å². The molecule has 1 N–H and O–H groups in total. The summed E-state index contributed by atoms with van der Waals surface area (Å²) in [7, 11) is -3.49. The number of hydrogen-bond acceptors (Lipinski definition) is 5. The zero-order chi connectivity index (χ0) is 24.4. The predicted molar refractivity (Wildman–Crippen MR) is 139 cm³/mol. The molecule has 5 rings (SSSR count). The summed E-state index contributed by atoms with van der Waals surface area (Å²) in [6.07, 6.45) is 4.61. The third kappa shape index (κ3) is 5.29. The number of anilines is 2. The molecule has 2 fully saturated rings. The van der Waals surface area contributed by atoms with Gasteiger partial charge in [-0.25, -0.2) is 13.4 Å². The Morgan fingerprint density at radius 1 is 0.943 bits per heavy atom. The molecule has 0 radical (unpaired) electrons. The second kappa shape index (κ2) is 10.1. The van der Waals surface area contributed by atoms with Crippen molar-refractivity contribution in [1.82, 2.24) is 9.29 Å². The lowest BCUT2D eigenvalue weighted by atomic mass is 9.97. The molecule has 184 valence electrons. The molecule has 0 aliphatic carbocycles. The number of aromatic nitrogens is 1. The molecule has 35 heavy (non-hydrogen) atoms. The minimum absolute atomic E-state index is 0.00891. The maximum atomic E-state index is 13.0. The molecule has 0 spiro atoms. The van der Waals surface area contributed by atoms with E-state index in [9.17, 15) is 13.2 Å². The number of rotatable bonds is 5. The van der Waals surface area contributed by atoms with Crippen LogP contribution in [-0.4, -0.2) is 49.8 Å². The molecule has 7 nitrogen and oxygen atoms in total. The summed E-state index contributed by atoms with van der Waals surface area (Å²) in [5, 5.41) is 4.40. The van der Waals surface area contributed by atoms with Crippen LogP contribution in [0.2, 0.25) is 5.02 Å². The van der Waals surface area contributed by atoms with Crippen molar-refractivity contribution in [1.29, 1.82) is 0 Å². The molecule has 1 amide bonds. The summed E-state index contributed by atoms with van der Waals surface area (Å²) in [6.45, 7) is 2.57. The lowest BCUT2D eigenvalue weighted by molar-refractivity contribution is -0.120. The molecule has 0 bridgehead atoms. The molecule has 0 unspecified atom stereocenters. The standard InChI is InChI=1S/C26H29ClN4O3S/c27-21-7-9-22(10-8-21)28-26(32)20-5-4-14-30(18-20)25-13-6-19-17-23(11-12-24(19)29-25)35(33,34)31-15-2-1-3-16-31/h6-13,17,20H,1-5,14-16,18H2,(H,28,32)/t20-/m1/s1. The van der Waals surface area contributed by atoms with Crippen LogP contribution < -0.4 is 10.2 Å². The smallest absolute Gasteiger partial charge is 0.243 e. The van der Waals surface area contributed by atoms with E-state index in [0.717, 1.165) is 61.1 Å². The van der Waals surface area contributed by atoms with Crippen LogP contribution in [0.15, 0.2) is 59.5 Å². The summed E-state index contributed by atoms with van der Waals surface area (Å²) in [5.41, 5.74) is 1.48. The Balaban J connectivity index is 1.30. The van der Waals surface area contributed by atoms with Crippen molar-refractivity contribution in [3.05, 3.63) is 59.6 Å². The van der Waals surface area contributed by atoms with Crippen molar-refractivity contribution < 1.29 is 13.2 Å². The molecule has 2 saturated heterocycles. The topological polar surface area (TPSA) is 82.6 Å². The van der Waals surface area contributed by atoms with E-state index in [4.69, 9.17) is 16.6 Å². The highest BCUT2D eigenvalue weighted by Gasteiger charge is 2.28. The van der Waals surface area contributed by atoms with Crippen LogP contribution in [0.25, 0.3) is 10.9 Å². The highest BCUT2D eigenvalue weighted by Crippen LogP contribution is 2.28. The molecule has 2 aliphatic rings. The van der Waals surface area contributed by atoms with Crippen LogP contribution in [-0.2, 0) is 14.8 Å². The van der Waals surface area contributed by atoms with Gasteiger partial charge in [0.25, 0.3) is 0 Å². The van der Waals surface area contributed by atoms with Crippen molar-refractivity contribution in [2.45, 2.75) is 37.0 Å². The molecule has 3 aromatic rings. The first-order valence-corrected chi connectivity index (χ1v) is 13.9. The summed E-state index contributed by atoms with van der Waals surface area (Å²) in [4.78, 5) is 20.1. The normalized spacial score (nSPS) is 19.6. The Hall–Kier alpha value is -2.68. The van der Waals surface area contributed by atoms with Gasteiger partial charge in [0.2, 0.25) is 15.9 Å². The number of amides is 1. The third-order valence-corrected chi connectivity index (χ3v) is 8.97. The number of halogens is 1. The second-order valence-electron chi connectivity index (χ2n) is 9.27. The molecule has 9 heteroatoms. The maximum Gasteiger partial charge on any atom is 0.243 e. The summed E-state index contributed by atoms with van der Waals surface area (Å²) < 4.78 is 27.7. The SMILES string of the molecule is O=C(Nc1ccc(Cl)cc1)[C@@H]1CCCN(c2ccc3cc(S(=O)(=O)N4CCCCC4)ccc3n2)C1. The molecule has 2 aromatic carbocycles. The van der Waals surface area contributed by atoms with Crippen LogP contribution in [0.4, 0.5) is 11.5 Å². The number of benzene rings is 2. The van der Waals surface area contributed by atoms with Crippen molar-refractivity contribution in [3.8, 4) is 0 Å². The van der Waals surface area contributed by atoms with E-state index in [1.54, 1.807) is 46.8 Å². The van der Waals surface area contributed by atoms with Crippen molar-refractivity contribution in [3.63, 3.8) is 0 Å². The summed E-state index contributed by atoms with van der Waals surface area (Å²) in [5.74, 6) is 0.646. The van der Waals surface area contributed by atoms with E-state index in [1.165, 1.54) is 0 Å². The fraction of sp³-hybridized carbons (Fsp3) is 0.385. The van der Waals surface area contributed by atoms with E-state index < -0.39 is 10.0 Å². The lowest BCUT2D eigenvalue weighted by Crippen LogP contribution is -2.41. The van der Waals surface area contributed by atoms with E-state index in [1.807, 2.05) is 12.1 Å². The van der Waals surface area contributed by atoms with Gasteiger partial charge in [-0.15, -0.1) is 0 Å². The fourth-order valence-electron chi connectivity index (χ4n) is 4.86. The first-order valence-electron chi connectivity index (χ1n) is 12.1. The molecule has 0 saturated carbocycles. The fourth-order valence-corrected chi connectivity index (χ4v) is 6.54. The second-order valence-corrected chi connectivity index (χ2v) is 11.6. The van der Waals surface area contributed by atoms with Crippen molar-refractivity contribution >= 4 is 49.9 Å². The average molecular weight is 513 g/mol. The van der Waals surface area contributed by atoms with Crippen LogP contribution in [0.5, 0.6) is 0 Å². The zero-order valence-corrected chi connectivity index (χ0v) is 21.1. The molecular weight excluding hydrogens is 484 g/mol. The Bertz CT molecular complexity index is 1320. The van der Waals surface area contributed by atoms with Gasteiger partial charge in [-0.05, 0) is 80.3 Å². The first-order chi connectivity index (χ1) is 16.9. The van der Waals surface area contributed by atoms with Gasteiger partial charge in [0.05, 0.1) is 16.3 Å². The van der Waals surface area contributed by atoms with Gasteiger partial charge in [0.15, 0.2) is 0 Å². The van der Waals surface area contributed by atoms with Gasteiger partial charge in [0.1, 0.15) is 5.82 Å². The minimum Gasteiger partial charge on any atom is -0.356 e. The number of nitrogens with one attached hydrogen (secondary N) is 1. The van der Waals surface area contributed by atoms with Crippen LogP contribution in [0, 0.1) is 5.92 Å². The lowest BCUT2D eigenvalue weighted by Gasteiger charge is -2.33. The van der Waals surface area contributed by atoms with Crippen LogP contribution in [0.1, 0.15) is 32.1 Å². The molecule has 3 heterocycles. The molecular formula is C26H29ClN4O3S. The predicted octanol–water partition coefficient (Wildman–Crippen LogP) is 4.92. The van der Waals surface area contributed by atoms with Gasteiger partial charge >= 0.3 is 0 Å². The molecule has 1 aromatic heterocycles. The minimum atomic E-state index is -3.49.